The molecule has 0 saturated heterocycles. The summed E-state index contributed by atoms with van der Waals surface area (Å²) in [7, 11) is 0. The minimum absolute atomic E-state index is 0.0344. The first-order chi connectivity index (χ1) is 13.0. The molecule has 6 heteroatoms. The maximum absolute atomic E-state index is 15.3. The first-order valence-corrected chi connectivity index (χ1v) is 10.5. The van der Waals surface area contributed by atoms with Crippen molar-refractivity contribution in [3.63, 3.8) is 0 Å². The summed E-state index contributed by atoms with van der Waals surface area (Å²) in [6.45, 7) is 5.27. The van der Waals surface area contributed by atoms with Gasteiger partial charge in [0.15, 0.2) is 11.6 Å². The predicted molar refractivity (Wildman–Crippen MR) is 104 cm³/mol. The summed E-state index contributed by atoms with van der Waals surface area (Å²) in [6, 6.07) is 0. The molecular formula is C22H28ClFO4. The molecule has 4 aliphatic carbocycles. The van der Waals surface area contributed by atoms with Crippen LogP contribution in [0, 0.1) is 34.5 Å². The maximum Gasteiger partial charge on any atom is 0.178 e. The van der Waals surface area contributed by atoms with E-state index in [0.29, 0.717) is 18.4 Å². The third kappa shape index (κ3) is 2.30. The van der Waals surface area contributed by atoms with Crippen LogP contribution >= 0.6 is 11.6 Å². The Morgan fingerprint density at radius 3 is 2.64 bits per heavy atom. The van der Waals surface area contributed by atoms with Crippen molar-refractivity contribution >= 4 is 23.2 Å². The van der Waals surface area contributed by atoms with Gasteiger partial charge < -0.3 is 10.2 Å². The number of aliphatic hydroxyl groups excluding tert-OH is 2. The van der Waals surface area contributed by atoms with Gasteiger partial charge in [0.05, 0.1) is 11.0 Å². The van der Waals surface area contributed by atoms with Crippen molar-refractivity contribution in [2.75, 3.05) is 6.61 Å². The summed E-state index contributed by atoms with van der Waals surface area (Å²) >= 11 is 7.24. The lowest BCUT2D eigenvalue weighted by Gasteiger charge is -2.63. The molecule has 0 aromatic rings. The van der Waals surface area contributed by atoms with E-state index >= 15 is 4.39 Å². The van der Waals surface area contributed by atoms with Crippen LogP contribution in [-0.2, 0) is 9.59 Å². The molecule has 0 radical (unpaired) electrons. The van der Waals surface area contributed by atoms with Crippen LogP contribution in [-0.4, -0.2) is 45.5 Å². The molecule has 0 aliphatic heterocycles. The Morgan fingerprint density at radius 1 is 1.32 bits per heavy atom. The Bertz CT molecular complexity index is 793. The van der Waals surface area contributed by atoms with E-state index in [2.05, 4.69) is 0 Å². The summed E-state index contributed by atoms with van der Waals surface area (Å²) in [4.78, 5) is 23.3. The molecule has 0 aromatic carbocycles. The minimum atomic E-state index is -1.31. The SMILES string of the molecule is C[C@H]1C[C@@H]2[C@H]3C[C@H](F)C4=CC(=O)C=C[C@]4(C)[C@]3(Cl)[C@@H](O)C[C@]2(C)[C@@H]1C(=O)CO. The predicted octanol–water partition coefficient (Wildman–Crippen LogP) is 3.00. The molecule has 3 fully saturated rings. The van der Waals surface area contributed by atoms with E-state index in [9.17, 15) is 19.8 Å². The molecule has 3 saturated carbocycles. The van der Waals surface area contributed by atoms with Crippen LogP contribution < -0.4 is 0 Å². The zero-order valence-corrected chi connectivity index (χ0v) is 17.2. The number of fused-ring (bicyclic) bond motifs is 5. The molecule has 4 rings (SSSR count). The maximum atomic E-state index is 15.3. The molecule has 0 aromatic heterocycles. The van der Waals surface area contributed by atoms with Crippen molar-refractivity contribution in [2.24, 2.45) is 34.5 Å². The van der Waals surface area contributed by atoms with Gasteiger partial charge in [-0.25, -0.2) is 4.39 Å². The van der Waals surface area contributed by atoms with E-state index in [4.69, 9.17) is 11.6 Å². The Morgan fingerprint density at radius 2 is 2.00 bits per heavy atom. The molecule has 4 aliphatic rings. The van der Waals surface area contributed by atoms with E-state index in [1.54, 1.807) is 6.08 Å². The van der Waals surface area contributed by atoms with Crippen molar-refractivity contribution in [3.05, 3.63) is 23.8 Å². The van der Waals surface area contributed by atoms with Gasteiger partial charge in [-0.2, -0.15) is 0 Å². The number of rotatable bonds is 2. The van der Waals surface area contributed by atoms with E-state index in [1.807, 2.05) is 20.8 Å². The Labute approximate surface area is 169 Å². The van der Waals surface area contributed by atoms with Crippen molar-refractivity contribution in [1.29, 1.82) is 0 Å². The second-order valence-corrected chi connectivity index (χ2v) is 10.4. The van der Waals surface area contributed by atoms with Crippen LogP contribution in [0.5, 0.6) is 0 Å². The quantitative estimate of drug-likeness (QED) is 0.686. The normalized spacial score (nSPS) is 52.5. The molecular weight excluding hydrogens is 383 g/mol. The fourth-order valence-electron chi connectivity index (χ4n) is 7.36. The van der Waals surface area contributed by atoms with Crippen LogP contribution in [0.3, 0.4) is 0 Å². The lowest BCUT2D eigenvalue weighted by molar-refractivity contribution is -0.140. The number of ketones is 2. The Balaban J connectivity index is 1.84. The van der Waals surface area contributed by atoms with Gasteiger partial charge in [-0.05, 0) is 60.2 Å². The van der Waals surface area contributed by atoms with E-state index < -0.39 is 34.6 Å². The second kappa shape index (κ2) is 6.23. The molecule has 154 valence electrons. The number of carbonyl (C=O) groups excluding carboxylic acids is 2. The van der Waals surface area contributed by atoms with Crippen LogP contribution in [0.1, 0.15) is 40.0 Å². The van der Waals surface area contributed by atoms with Crippen molar-refractivity contribution in [3.8, 4) is 0 Å². The molecule has 0 bridgehead atoms. The number of allylic oxidation sites excluding steroid dienone is 4. The topological polar surface area (TPSA) is 74.6 Å². The fraction of sp³-hybridized carbons (Fsp3) is 0.727. The average Bonchev–Trinajstić information content (AvgIpc) is 2.89. The molecule has 0 unspecified atom stereocenters. The lowest BCUT2D eigenvalue weighted by atomic mass is 9.46. The third-order valence-corrected chi connectivity index (χ3v) is 9.40. The monoisotopic (exact) mass is 410 g/mol. The molecule has 9 atom stereocenters. The standard InChI is InChI=1S/C22H28ClFO4/c1-11-6-13-14-8-16(24)15-7-12(26)4-5-21(15,3)22(14,23)18(28)9-20(13,2)19(11)17(27)10-25/h4-5,7,11,13-14,16,18-19,25,28H,6,8-10H2,1-3H3/t11-,13+,14+,16-,18-,19-,20-,21-,22+/m0/s1. The van der Waals surface area contributed by atoms with Gasteiger partial charge in [0.1, 0.15) is 12.8 Å². The number of alkyl halides is 2. The molecule has 4 nitrogen and oxygen atoms in total. The van der Waals surface area contributed by atoms with Gasteiger partial charge >= 0.3 is 0 Å². The van der Waals surface area contributed by atoms with Crippen LogP contribution in [0.25, 0.3) is 0 Å². The Kier molecular flexibility index (Phi) is 4.50. The summed E-state index contributed by atoms with van der Waals surface area (Å²) < 4.78 is 15.3. The zero-order chi connectivity index (χ0) is 20.6. The highest BCUT2D eigenvalue weighted by atomic mass is 35.5. The number of Topliss-reactive ketones (excluding diaryl/α,β-unsaturated/α-hetero) is 1. The molecule has 2 N–H and O–H groups in total. The number of hydrogen-bond acceptors (Lipinski definition) is 4. The van der Waals surface area contributed by atoms with E-state index in [-0.39, 0.29) is 41.7 Å². The number of hydrogen-bond donors (Lipinski definition) is 2. The molecule has 28 heavy (non-hydrogen) atoms. The van der Waals surface area contributed by atoms with Gasteiger partial charge in [-0.15, -0.1) is 11.6 Å². The van der Waals surface area contributed by atoms with Crippen LogP contribution in [0.4, 0.5) is 4.39 Å². The lowest BCUT2D eigenvalue weighted by Crippen LogP contribution is -2.67. The van der Waals surface area contributed by atoms with Gasteiger partial charge in [0.25, 0.3) is 0 Å². The van der Waals surface area contributed by atoms with Crippen molar-refractivity contribution < 1.29 is 24.2 Å². The summed E-state index contributed by atoms with van der Waals surface area (Å²) in [5.41, 5.74) is -1.15. The summed E-state index contributed by atoms with van der Waals surface area (Å²) in [5, 5.41) is 20.8. The summed E-state index contributed by atoms with van der Waals surface area (Å²) in [5.74, 6) is -1.18. The van der Waals surface area contributed by atoms with Crippen LogP contribution in [0.15, 0.2) is 23.8 Å². The van der Waals surface area contributed by atoms with Gasteiger partial charge in [-0.3, -0.25) is 9.59 Å². The molecule has 0 amide bonds. The van der Waals surface area contributed by atoms with Crippen molar-refractivity contribution in [1.82, 2.24) is 0 Å². The number of carbonyl (C=O) groups is 2. The van der Waals surface area contributed by atoms with E-state index in [1.165, 1.54) is 12.2 Å². The first kappa shape index (κ1) is 20.2. The number of halogens is 2. The summed E-state index contributed by atoms with van der Waals surface area (Å²) in [6.07, 6.45) is 3.31. The Hall–Kier alpha value is -1.04. The number of aliphatic hydroxyl groups is 2. The molecule has 0 spiro atoms. The second-order valence-electron chi connectivity index (χ2n) is 9.76. The van der Waals surface area contributed by atoms with Crippen molar-refractivity contribution in [2.45, 2.75) is 57.2 Å². The highest BCUT2D eigenvalue weighted by Gasteiger charge is 2.71. The average molecular weight is 411 g/mol. The largest absolute Gasteiger partial charge is 0.391 e. The van der Waals surface area contributed by atoms with Gasteiger partial charge in [0.2, 0.25) is 0 Å². The van der Waals surface area contributed by atoms with Gasteiger partial charge in [0, 0.05) is 11.3 Å². The highest BCUT2D eigenvalue weighted by Crippen LogP contribution is 2.70. The highest BCUT2D eigenvalue weighted by molar-refractivity contribution is 6.26. The fourth-order valence-corrected chi connectivity index (χ4v) is 7.85. The van der Waals surface area contributed by atoms with Gasteiger partial charge in [-0.1, -0.05) is 26.8 Å². The van der Waals surface area contributed by atoms with E-state index in [0.717, 1.165) is 0 Å². The first-order valence-electron chi connectivity index (χ1n) is 10.1. The third-order valence-electron chi connectivity index (χ3n) is 8.47. The molecule has 0 heterocycles. The zero-order valence-electron chi connectivity index (χ0n) is 16.5. The van der Waals surface area contributed by atoms with Crippen LogP contribution in [0.2, 0.25) is 0 Å². The minimum Gasteiger partial charge on any atom is -0.391 e. The smallest absolute Gasteiger partial charge is 0.178 e.